The standard InChI is InChI=1S/C36H44N10O3S/c1-21(2)40-28-15-29(30-9-8-26-14-22(16-37)17-39-46(26)30)38-18-27(28)33-42-43-34(50-33)45-19-24-6-7-25(20-45)31(24)41-32(47)23-10-12-44(13-11-23)35(48)49-36(3,4)5/h8-9,14-15,17-18,21,23-25,31H,6-7,10-13,19-20H2,1-5H3,(H,38,40)(H,41,47). The third-order valence-corrected chi connectivity index (χ3v) is 10.8. The average Bonchev–Trinajstić information content (AvgIpc) is 3.79. The second-order valence-corrected chi connectivity index (χ2v) is 15.9. The van der Waals surface area contributed by atoms with Crippen molar-refractivity contribution >= 4 is 39.7 Å². The van der Waals surface area contributed by atoms with Crippen LogP contribution in [-0.2, 0) is 9.53 Å². The molecule has 1 aliphatic carbocycles. The number of aromatic nitrogens is 5. The molecule has 2 bridgehead atoms. The molecule has 0 spiro atoms. The summed E-state index contributed by atoms with van der Waals surface area (Å²) in [7, 11) is 0. The number of anilines is 2. The van der Waals surface area contributed by atoms with E-state index >= 15 is 0 Å². The molecule has 2 amide bonds. The number of pyridine rings is 1. The third kappa shape index (κ3) is 6.96. The summed E-state index contributed by atoms with van der Waals surface area (Å²) in [6.07, 6.45) is 6.55. The molecule has 3 aliphatic rings. The van der Waals surface area contributed by atoms with E-state index in [0.29, 0.717) is 43.3 Å². The van der Waals surface area contributed by atoms with Crippen molar-refractivity contribution in [2.45, 2.75) is 78.0 Å². The highest BCUT2D eigenvalue weighted by Crippen LogP contribution is 2.42. The first-order chi connectivity index (χ1) is 24.0. The Morgan fingerprint density at radius 3 is 2.46 bits per heavy atom. The molecule has 262 valence electrons. The van der Waals surface area contributed by atoms with Gasteiger partial charge in [0.25, 0.3) is 0 Å². The van der Waals surface area contributed by atoms with Crippen LogP contribution in [-0.4, -0.2) is 85.6 Å². The molecule has 0 radical (unpaired) electrons. The van der Waals surface area contributed by atoms with E-state index in [9.17, 15) is 14.9 Å². The van der Waals surface area contributed by atoms with Crippen molar-refractivity contribution in [1.82, 2.24) is 35.0 Å². The van der Waals surface area contributed by atoms with Crippen molar-refractivity contribution in [3.63, 3.8) is 0 Å². The molecular weight excluding hydrogens is 653 g/mol. The number of carbonyl (C=O) groups is 2. The third-order valence-electron chi connectivity index (χ3n) is 9.82. The van der Waals surface area contributed by atoms with Gasteiger partial charge in [-0.2, -0.15) is 10.4 Å². The number of nitrogens with one attached hydrogen (secondary N) is 2. The molecule has 0 aromatic carbocycles. The molecular formula is C36H44N10O3S. The Balaban J connectivity index is 1.01. The number of nitrogens with zero attached hydrogens (tertiary/aromatic N) is 8. The lowest BCUT2D eigenvalue weighted by Gasteiger charge is -2.39. The van der Waals surface area contributed by atoms with Crippen LogP contribution in [0.2, 0.25) is 0 Å². The molecule has 1 saturated carbocycles. The SMILES string of the molecule is CC(C)Nc1cc(-c2ccc3cc(C#N)cnn23)ncc1-c1nnc(N2CC3CCC(C2)C3NC(=O)C2CCN(C(=O)OC(C)(C)C)CC2)s1. The first-order valence-corrected chi connectivity index (χ1v) is 18.3. The zero-order chi connectivity index (χ0) is 35.2. The maximum atomic E-state index is 13.4. The van der Waals surface area contributed by atoms with Crippen molar-refractivity contribution in [3.8, 4) is 28.0 Å². The Kier molecular flexibility index (Phi) is 9.11. The van der Waals surface area contributed by atoms with Gasteiger partial charge >= 0.3 is 6.09 Å². The summed E-state index contributed by atoms with van der Waals surface area (Å²) in [5.41, 5.74) is 4.19. The first kappa shape index (κ1) is 33.7. The molecule has 4 aromatic heterocycles. The highest BCUT2D eigenvalue weighted by molar-refractivity contribution is 7.18. The van der Waals surface area contributed by atoms with Crippen LogP contribution < -0.4 is 15.5 Å². The Morgan fingerprint density at radius 2 is 1.78 bits per heavy atom. The summed E-state index contributed by atoms with van der Waals surface area (Å²) in [5.74, 6) is 0.718. The minimum absolute atomic E-state index is 0.0883. The molecule has 50 heavy (non-hydrogen) atoms. The van der Waals surface area contributed by atoms with Gasteiger partial charge in [0.2, 0.25) is 11.0 Å². The minimum atomic E-state index is -0.532. The number of likely N-dealkylation sites (tertiary alicyclic amines) is 1. The zero-order valence-corrected chi connectivity index (χ0v) is 30.0. The van der Waals surface area contributed by atoms with Crippen LogP contribution in [0.15, 0.2) is 36.7 Å². The van der Waals surface area contributed by atoms with Crippen molar-refractivity contribution in [2.24, 2.45) is 17.8 Å². The van der Waals surface area contributed by atoms with Crippen LogP contribution in [0.1, 0.15) is 65.9 Å². The average molecular weight is 697 g/mol. The fourth-order valence-electron chi connectivity index (χ4n) is 7.45. The molecule has 2 unspecified atom stereocenters. The highest BCUT2D eigenvalue weighted by atomic mass is 32.1. The maximum Gasteiger partial charge on any atom is 0.410 e. The fourth-order valence-corrected chi connectivity index (χ4v) is 8.34. The van der Waals surface area contributed by atoms with Gasteiger partial charge in [-0.3, -0.25) is 9.78 Å². The van der Waals surface area contributed by atoms with Crippen LogP contribution in [0.4, 0.5) is 15.6 Å². The maximum absolute atomic E-state index is 13.4. The second kappa shape index (κ2) is 13.5. The number of amides is 2. The number of rotatable bonds is 7. The number of piperidine rings is 2. The molecule has 2 N–H and O–H groups in total. The van der Waals surface area contributed by atoms with E-state index < -0.39 is 5.60 Å². The predicted octanol–water partition coefficient (Wildman–Crippen LogP) is 5.58. The minimum Gasteiger partial charge on any atom is -0.444 e. The van der Waals surface area contributed by atoms with Crippen molar-refractivity contribution in [2.75, 3.05) is 36.4 Å². The summed E-state index contributed by atoms with van der Waals surface area (Å²) < 4.78 is 7.31. The topological polar surface area (TPSA) is 154 Å². The molecule has 6 heterocycles. The fraction of sp³-hybridized carbons (Fsp3) is 0.528. The Bertz CT molecular complexity index is 1920. The highest BCUT2D eigenvalue weighted by Gasteiger charge is 2.44. The first-order valence-electron chi connectivity index (χ1n) is 17.5. The molecule has 2 atom stereocenters. The van der Waals surface area contributed by atoms with Crippen LogP contribution in [0.3, 0.4) is 0 Å². The summed E-state index contributed by atoms with van der Waals surface area (Å²) >= 11 is 1.56. The van der Waals surface area contributed by atoms with Gasteiger partial charge in [0.05, 0.1) is 34.2 Å². The number of fused-ring (bicyclic) bond motifs is 3. The lowest BCUT2D eigenvalue weighted by Crippen LogP contribution is -2.54. The number of ether oxygens (including phenoxy) is 1. The summed E-state index contributed by atoms with van der Waals surface area (Å²) in [6.45, 7) is 12.5. The number of hydrogen-bond donors (Lipinski definition) is 2. The molecule has 2 aliphatic heterocycles. The van der Waals surface area contributed by atoms with Crippen molar-refractivity contribution < 1.29 is 14.3 Å². The van der Waals surface area contributed by atoms with Crippen LogP contribution >= 0.6 is 11.3 Å². The second-order valence-electron chi connectivity index (χ2n) is 15.0. The van der Waals surface area contributed by atoms with E-state index in [4.69, 9.17) is 9.72 Å². The Hall–Kier alpha value is -4.77. The van der Waals surface area contributed by atoms with E-state index in [1.807, 2.05) is 51.2 Å². The number of carbonyl (C=O) groups excluding carboxylic acids is 2. The van der Waals surface area contributed by atoms with Gasteiger partial charge < -0.3 is 25.2 Å². The van der Waals surface area contributed by atoms with E-state index in [1.54, 1.807) is 26.9 Å². The van der Waals surface area contributed by atoms with E-state index in [1.165, 1.54) is 0 Å². The number of hydrogen-bond acceptors (Lipinski definition) is 11. The molecule has 4 aromatic rings. The lowest BCUT2D eigenvalue weighted by molar-refractivity contribution is -0.127. The van der Waals surface area contributed by atoms with Crippen molar-refractivity contribution in [1.29, 1.82) is 5.26 Å². The van der Waals surface area contributed by atoms with Crippen LogP contribution in [0.25, 0.3) is 27.5 Å². The molecule has 2 saturated heterocycles. The summed E-state index contributed by atoms with van der Waals surface area (Å²) in [4.78, 5) is 34.7. The quantitative estimate of drug-likeness (QED) is 0.250. The lowest BCUT2D eigenvalue weighted by atomic mass is 9.90. The van der Waals surface area contributed by atoms with Gasteiger partial charge in [0.15, 0.2) is 5.01 Å². The zero-order valence-electron chi connectivity index (χ0n) is 29.2. The molecule has 13 nitrogen and oxygen atoms in total. The normalized spacial score (nSPS) is 21.0. The van der Waals surface area contributed by atoms with Gasteiger partial charge in [0.1, 0.15) is 11.7 Å². The monoisotopic (exact) mass is 696 g/mol. The van der Waals surface area contributed by atoms with Gasteiger partial charge in [-0.15, -0.1) is 10.2 Å². The smallest absolute Gasteiger partial charge is 0.410 e. The molecule has 3 fully saturated rings. The van der Waals surface area contributed by atoms with Gasteiger partial charge in [-0.1, -0.05) is 11.3 Å². The molecule has 7 rings (SSSR count). The Labute approximate surface area is 296 Å². The van der Waals surface area contributed by atoms with Gasteiger partial charge in [-0.05, 0) is 96.4 Å². The largest absolute Gasteiger partial charge is 0.444 e. The van der Waals surface area contributed by atoms with Crippen molar-refractivity contribution in [3.05, 3.63) is 42.2 Å². The summed E-state index contributed by atoms with van der Waals surface area (Å²) in [5, 5.41) is 31.6. The summed E-state index contributed by atoms with van der Waals surface area (Å²) in [6, 6.07) is 10.2. The van der Waals surface area contributed by atoms with E-state index in [0.717, 1.165) is 64.2 Å². The number of nitriles is 1. The van der Waals surface area contributed by atoms with Gasteiger partial charge in [-0.25, -0.2) is 9.31 Å². The molecule has 14 heteroatoms. The van der Waals surface area contributed by atoms with Crippen LogP contribution in [0.5, 0.6) is 0 Å². The van der Waals surface area contributed by atoms with E-state index in [2.05, 4.69) is 50.7 Å². The van der Waals surface area contributed by atoms with E-state index in [-0.39, 0.29) is 30.0 Å². The predicted molar refractivity (Wildman–Crippen MR) is 192 cm³/mol. The Morgan fingerprint density at radius 1 is 1.04 bits per heavy atom. The van der Waals surface area contributed by atoms with Crippen LogP contribution in [0, 0.1) is 29.1 Å². The van der Waals surface area contributed by atoms with Gasteiger partial charge in [0, 0.05) is 56.1 Å².